The largest absolute Gasteiger partial charge is 0.508 e. The highest BCUT2D eigenvalue weighted by Gasteiger charge is 2.02. The molecule has 0 amide bonds. The molecule has 1 aromatic carbocycles. The molecule has 0 saturated carbocycles. The zero-order valence-corrected chi connectivity index (χ0v) is 7.03. The van der Waals surface area contributed by atoms with Gasteiger partial charge in [-0.15, -0.1) is 0 Å². The fraction of sp³-hybridized carbons (Fsp3) is 0.333. The van der Waals surface area contributed by atoms with E-state index in [0.29, 0.717) is 6.42 Å². The highest BCUT2D eigenvalue weighted by Crippen LogP contribution is 2.12. The molecule has 3 heteroatoms. The molecular formula is C9H13NO2. The minimum atomic E-state index is -0.0215. The van der Waals surface area contributed by atoms with Crippen LogP contribution < -0.4 is 5.90 Å². The van der Waals surface area contributed by atoms with Crippen LogP contribution in [0, 0.1) is 0 Å². The van der Waals surface area contributed by atoms with E-state index in [4.69, 9.17) is 11.0 Å². The Labute approximate surface area is 71.7 Å². The number of hydrogen-bond donors (Lipinski definition) is 2. The highest BCUT2D eigenvalue weighted by molar-refractivity contribution is 5.27. The van der Waals surface area contributed by atoms with E-state index in [1.165, 1.54) is 0 Å². The van der Waals surface area contributed by atoms with Crippen LogP contribution in [0.2, 0.25) is 0 Å². The van der Waals surface area contributed by atoms with Crippen LogP contribution in [0.4, 0.5) is 0 Å². The number of phenols is 1. The van der Waals surface area contributed by atoms with Gasteiger partial charge in [-0.05, 0) is 24.6 Å². The van der Waals surface area contributed by atoms with Crippen LogP contribution >= 0.6 is 0 Å². The van der Waals surface area contributed by atoms with Crippen molar-refractivity contribution < 1.29 is 9.94 Å². The highest BCUT2D eigenvalue weighted by atomic mass is 16.6. The van der Waals surface area contributed by atoms with Crippen LogP contribution in [-0.4, -0.2) is 11.2 Å². The molecule has 0 fully saturated rings. The van der Waals surface area contributed by atoms with E-state index in [9.17, 15) is 0 Å². The Morgan fingerprint density at radius 3 is 2.92 bits per heavy atom. The molecule has 0 aliphatic carbocycles. The number of benzene rings is 1. The maximum absolute atomic E-state index is 9.13. The summed E-state index contributed by atoms with van der Waals surface area (Å²) < 4.78 is 0. The van der Waals surface area contributed by atoms with E-state index in [-0.39, 0.29) is 11.9 Å². The average Bonchev–Trinajstić information content (AvgIpc) is 2.04. The molecule has 0 aliphatic rings. The lowest BCUT2D eigenvalue weighted by Crippen LogP contribution is -2.15. The predicted octanol–water partition coefficient (Wildman–Crippen LogP) is 1.21. The van der Waals surface area contributed by atoms with E-state index in [2.05, 4.69) is 4.84 Å². The third-order valence-corrected chi connectivity index (χ3v) is 1.67. The topological polar surface area (TPSA) is 55.5 Å². The van der Waals surface area contributed by atoms with E-state index in [1.54, 1.807) is 18.2 Å². The van der Waals surface area contributed by atoms with E-state index in [0.717, 1.165) is 5.56 Å². The Hall–Kier alpha value is -1.06. The number of phenolic OH excluding ortho intramolecular Hbond substituents is 1. The van der Waals surface area contributed by atoms with Gasteiger partial charge in [0.25, 0.3) is 0 Å². The zero-order chi connectivity index (χ0) is 8.97. The van der Waals surface area contributed by atoms with Crippen molar-refractivity contribution in [2.24, 2.45) is 5.90 Å². The van der Waals surface area contributed by atoms with Crippen molar-refractivity contribution in [3.63, 3.8) is 0 Å². The molecule has 1 rings (SSSR count). The summed E-state index contributed by atoms with van der Waals surface area (Å²) in [4.78, 5) is 4.61. The standard InChI is InChI=1S/C9H13NO2/c1-7(12-10)5-8-3-2-4-9(11)6-8/h2-4,6-7,11H,5,10H2,1H3. The number of rotatable bonds is 3. The molecule has 1 unspecified atom stereocenters. The van der Waals surface area contributed by atoms with Crippen molar-refractivity contribution in [3.8, 4) is 5.75 Å². The van der Waals surface area contributed by atoms with Gasteiger partial charge in [0.05, 0.1) is 6.10 Å². The van der Waals surface area contributed by atoms with Gasteiger partial charge in [-0.2, -0.15) is 0 Å². The third kappa shape index (κ3) is 2.53. The fourth-order valence-electron chi connectivity index (χ4n) is 1.06. The lowest BCUT2D eigenvalue weighted by Gasteiger charge is -2.07. The van der Waals surface area contributed by atoms with Gasteiger partial charge in [0.2, 0.25) is 0 Å². The van der Waals surface area contributed by atoms with Gasteiger partial charge in [0, 0.05) is 6.42 Å². The molecular weight excluding hydrogens is 154 g/mol. The number of nitrogens with two attached hydrogens (primary N) is 1. The first-order valence-corrected chi connectivity index (χ1v) is 3.86. The Morgan fingerprint density at radius 2 is 2.33 bits per heavy atom. The molecule has 66 valence electrons. The molecule has 1 aromatic rings. The van der Waals surface area contributed by atoms with Crippen molar-refractivity contribution >= 4 is 0 Å². The maximum Gasteiger partial charge on any atom is 0.115 e. The van der Waals surface area contributed by atoms with E-state index in [1.807, 2.05) is 13.0 Å². The van der Waals surface area contributed by atoms with Crippen LogP contribution in [0.15, 0.2) is 24.3 Å². The summed E-state index contributed by atoms with van der Waals surface area (Å²) in [5, 5.41) is 9.13. The van der Waals surface area contributed by atoms with Gasteiger partial charge in [-0.25, -0.2) is 5.90 Å². The van der Waals surface area contributed by atoms with Gasteiger partial charge in [-0.1, -0.05) is 12.1 Å². The summed E-state index contributed by atoms with van der Waals surface area (Å²) >= 11 is 0. The van der Waals surface area contributed by atoms with Crippen molar-refractivity contribution in [1.82, 2.24) is 0 Å². The molecule has 3 nitrogen and oxygen atoms in total. The Bertz CT molecular complexity index is 250. The van der Waals surface area contributed by atoms with Crippen molar-refractivity contribution in [3.05, 3.63) is 29.8 Å². The van der Waals surface area contributed by atoms with Crippen LogP contribution in [0.3, 0.4) is 0 Å². The van der Waals surface area contributed by atoms with Crippen LogP contribution in [0.5, 0.6) is 5.75 Å². The quantitative estimate of drug-likeness (QED) is 0.665. The van der Waals surface area contributed by atoms with Crippen LogP contribution in [0.1, 0.15) is 12.5 Å². The van der Waals surface area contributed by atoms with Gasteiger partial charge < -0.3 is 9.94 Å². The summed E-state index contributed by atoms with van der Waals surface area (Å²) in [5.74, 6) is 5.27. The molecule has 0 saturated heterocycles. The second-order valence-corrected chi connectivity index (χ2v) is 2.82. The first kappa shape index (κ1) is 9.03. The minimum Gasteiger partial charge on any atom is -0.508 e. The van der Waals surface area contributed by atoms with Crippen molar-refractivity contribution in [2.45, 2.75) is 19.4 Å². The first-order chi connectivity index (χ1) is 5.72. The van der Waals surface area contributed by atoms with E-state index >= 15 is 0 Å². The van der Waals surface area contributed by atoms with Gasteiger partial charge >= 0.3 is 0 Å². The molecule has 0 aromatic heterocycles. The lowest BCUT2D eigenvalue weighted by atomic mass is 10.1. The molecule has 0 spiro atoms. The van der Waals surface area contributed by atoms with Gasteiger partial charge in [0.1, 0.15) is 5.75 Å². The van der Waals surface area contributed by atoms with Gasteiger partial charge in [-0.3, -0.25) is 0 Å². The minimum absolute atomic E-state index is 0.0215. The molecule has 0 aliphatic heterocycles. The zero-order valence-electron chi connectivity index (χ0n) is 7.03. The van der Waals surface area contributed by atoms with Crippen molar-refractivity contribution in [2.75, 3.05) is 0 Å². The third-order valence-electron chi connectivity index (χ3n) is 1.67. The normalized spacial score (nSPS) is 12.8. The average molecular weight is 167 g/mol. The summed E-state index contributed by atoms with van der Waals surface area (Å²) in [6.07, 6.45) is 0.692. The summed E-state index contributed by atoms with van der Waals surface area (Å²) in [6.45, 7) is 1.88. The van der Waals surface area contributed by atoms with Crippen molar-refractivity contribution in [1.29, 1.82) is 0 Å². The second-order valence-electron chi connectivity index (χ2n) is 2.82. The second kappa shape index (κ2) is 4.09. The molecule has 0 radical (unpaired) electrons. The predicted molar refractivity (Wildman–Crippen MR) is 46.5 cm³/mol. The number of aromatic hydroxyl groups is 1. The smallest absolute Gasteiger partial charge is 0.115 e. The Balaban J connectivity index is 2.63. The Morgan fingerprint density at radius 1 is 1.58 bits per heavy atom. The van der Waals surface area contributed by atoms with Crippen LogP contribution in [-0.2, 0) is 11.3 Å². The molecule has 12 heavy (non-hydrogen) atoms. The molecule has 0 bridgehead atoms. The fourth-order valence-corrected chi connectivity index (χ4v) is 1.06. The summed E-state index contributed by atoms with van der Waals surface area (Å²) in [7, 11) is 0. The van der Waals surface area contributed by atoms with Crippen LogP contribution in [0.25, 0.3) is 0 Å². The summed E-state index contributed by atoms with van der Waals surface area (Å²) in [6, 6.07) is 7.07. The first-order valence-electron chi connectivity index (χ1n) is 3.86. The molecule has 1 atom stereocenters. The molecule has 3 N–H and O–H groups in total. The maximum atomic E-state index is 9.13. The monoisotopic (exact) mass is 167 g/mol. The number of hydrogen-bond acceptors (Lipinski definition) is 3. The Kier molecular flexibility index (Phi) is 3.08. The van der Waals surface area contributed by atoms with E-state index < -0.39 is 0 Å². The summed E-state index contributed by atoms with van der Waals surface area (Å²) in [5.41, 5.74) is 1.02. The lowest BCUT2D eigenvalue weighted by molar-refractivity contribution is 0.0670. The van der Waals surface area contributed by atoms with Gasteiger partial charge in [0.15, 0.2) is 0 Å². The molecule has 0 heterocycles. The SMILES string of the molecule is CC(Cc1cccc(O)c1)ON.